The molecule has 2 nitrogen and oxygen atoms in total. The Labute approximate surface area is 80.3 Å². The third-order valence-corrected chi connectivity index (χ3v) is 2.68. The number of nitrogens with one attached hydrogen (secondary N) is 1. The molecule has 0 radical (unpaired) electrons. The maximum atomic E-state index is 5.95. The summed E-state index contributed by atoms with van der Waals surface area (Å²) in [5.41, 5.74) is 8.35. The predicted molar refractivity (Wildman–Crippen MR) is 54.2 cm³/mol. The Kier molecular flexibility index (Phi) is 2.07. The lowest BCUT2D eigenvalue weighted by Gasteiger charge is -2.23. The van der Waals surface area contributed by atoms with Crippen LogP contribution < -0.4 is 11.1 Å². The zero-order chi connectivity index (χ0) is 8.55. The summed E-state index contributed by atoms with van der Waals surface area (Å²) >= 11 is 3.43. The average Bonchev–Trinajstić information content (AvgIpc) is 2.07. The van der Waals surface area contributed by atoms with Crippen molar-refractivity contribution in [2.45, 2.75) is 12.5 Å². The molecule has 1 atom stereocenters. The van der Waals surface area contributed by atoms with E-state index in [-0.39, 0.29) is 6.04 Å². The molecule has 1 aliphatic heterocycles. The van der Waals surface area contributed by atoms with Crippen molar-refractivity contribution in [1.29, 1.82) is 0 Å². The van der Waals surface area contributed by atoms with Crippen LogP contribution in [0.4, 0.5) is 5.69 Å². The van der Waals surface area contributed by atoms with Crippen molar-refractivity contribution in [3.8, 4) is 0 Å². The van der Waals surface area contributed by atoms with E-state index >= 15 is 0 Å². The average molecular weight is 227 g/mol. The molecule has 0 saturated heterocycles. The Morgan fingerprint density at radius 1 is 1.50 bits per heavy atom. The highest BCUT2D eigenvalue weighted by Gasteiger charge is 2.15. The van der Waals surface area contributed by atoms with Crippen LogP contribution in [0.15, 0.2) is 22.7 Å². The number of nitrogens with two attached hydrogens (primary N) is 1. The standard InChI is InChI=1S/C9H11BrN2/c10-6-1-2-9-7(5-6)8(11)3-4-12-9/h1-2,5,8,12H,3-4,11H2/t8-/m1/s1. The monoisotopic (exact) mass is 226 g/mol. The number of benzene rings is 1. The molecule has 0 spiro atoms. The Hall–Kier alpha value is -0.540. The van der Waals surface area contributed by atoms with Crippen molar-refractivity contribution in [1.82, 2.24) is 0 Å². The molecule has 0 amide bonds. The second kappa shape index (κ2) is 3.07. The number of hydrogen-bond donors (Lipinski definition) is 2. The molecule has 3 heteroatoms. The fourth-order valence-electron chi connectivity index (χ4n) is 1.52. The van der Waals surface area contributed by atoms with Gasteiger partial charge in [-0.3, -0.25) is 0 Å². The van der Waals surface area contributed by atoms with Gasteiger partial charge in [0.15, 0.2) is 0 Å². The highest BCUT2D eigenvalue weighted by Crippen LogP contribution is 2.30. The molecule has 0 fully saturated rings. The zero-order valence-electron chi connectivity index (χ0n) is 6.68. The summed E-state index contributed by atoms with van der Waals surface area (Å²) in [5.74, 6) is 0. The SMILES string of the molecule is N[C@@H]1CCNc2ccc(Br)cc21. The van der Waals surface area contributed by atoms with Crippen LogP contribution in [0.25, 0.3) is 0 Å². The fourth-order valence-corrected chi connectivity index (χ4v) is 1.90. The number of hydrogen-bond acceptors (Lipinski definition) is 2. The van der Waals surface area contributed by atoms with E-state index in [9.17, 15) is 0 Å². The van der Waals surface area contributed by atoms with Gasteiger partial charge in [0.1, 0.15) is 0 Å². The highest BCUT2D eigenvalue weighted by atomic mass is 79.9. The summed E-state index contributed by atoms with van der Waals surface area (Å²) in [7, 11) is 0. The molecular formula is C9H11BrN2. The van der Waals surface area contributed by atoms with Crippen molar-refractivity contribution in [3.63, 3.8) is 0 Å². The number of anilines is 1. The molecule has 12 heavy (non-hydrogen) atoms. The maximum absolute atomic E-state index is 5.95. The Bertz CT molecular complexity index is 299. The molecule has 64 valence electrons. The van der Waals surface area contributed by atoms with Crippen LogP contribution in [0, 0.1) is 0 Å². The summed E-state index contributed by atoms with van der Waals surface area (Å²) in [6.07, 6.45) is 1.02. The summed E-state index contributed by atoms with van der Waals surface area (Å²) in [4.78, 5) is 0. The topological polar surface area (TPSA) is 38.0 Å². The van der Waals surface area contributed by atoms with E-state index in [0.717, 1.165) is 17.4 Å². The van der Waals surface area contributed by atoms with E-state index < -0.39 is 0 Å². The fraction of sp³-hybridized carbons (Fsp3) is 0.333. The minimum absolute atomic E-state index is 0.193. The largest absolute Gasteiger partial charge is 0.385 e. The lowest BCUT2D eigenvalue weighted by molar-refractivity contribution is 0.654. The first-order chi connectivity index (χ1) is 5.77. The first kappa shape index (κ1) is 8.08. The summed E-state index contributed by atoms with van der Waals surface area (Å²) in [6, 6.07) is 6.38. The van der Waals surface area contributed by atoms with Gasteiger partial charge in [-0.1, -0.05) is 15.9 Å². The van der Waals surface area contributed by atoms with Gasteiger partial charge in [0.25, 0.3) is 0 Å². The van der Waals surface area contributed by atoms with Crippen molar-refractivity contribution in [3.05, 3.63) is 28.2 Å². The maximum Gasteiger partial charge on any atom is 0.0389 e. The number of fused-ring (bicyclic) bond motifs is 1. The third kappa shape index (κ3) is 1.34. The lowest BCUT2D eigenvalue weighted by Crippen LogP contribution is -2.22. The van der Waals surface area contributed by atoms with E-state index in [1.165, 1.54) is 11.3 Å². The van der Waals surface area contributed by atoms with Gasteiger partial charge < -0.3 is 11.1 Å². The Morgan fingerprint density at radius 2 is 2.33 bits per heavy atom. The minimum atomic E-state index is 0.193. The molecule has 2 rings (SSSR count). The zero-order valence-corrected chi connectivity index (χ0v) is 8.26. The number of halogens is 1. The van der Waals surface area contributed by atoms with Gasteiger partial charge in [-0.25, -0.2) is 0 Å². The van der Waals surface area contributed by atoms with E-state index in [1.807, 2.05) is 6.07 Å². The van der Waals surface area contributed by atoms with Crippen LogP contribution in [0.5, 0.6) is 0 Å². The summed E-state index contributed by atoms with van der Waals surface area (Å²) in [5, 5.41) is 3.32. The normalized spacial score (nSPS) is 21.3. The van der Waals surface area contributed by atoms with Crippen LogP contribution in [0.1, 0.15) is 18.0 Å². The van der Waals surface area contributed by atoms with Gasteiger partial charge in [0.05, 0.1) is 0 Å². The molecule has 1 heterocycles. The van der Waals surface area contributed by atoms with Crippen molar-refractivity contribution in [2.24, 2.45) is 5.73 Å². The molecule has 0 bridgehead atoms. The van der Waals surface area contributed by atoms with Crippen LogP contribution in [-0.2, 0) is 0 Å². The molecular weight excluding hydrogens is 216 g/mol. The second-order valence-corrected chi connectivity index (χ2v) is 3.97. The van der Waals surface area contributed by atoms with Gasteiger partial charge in [-0.15, -0.1) is 0 Å². The van der Waals surface area contributed by atoms with Crippen LogP contribution in [0.3, 0.4) is 0 Å². The van der Waals surface area contributed by atoms with Gasteiger partial charge in [0, 0.05) is 22.7 Å². The smallest absolute Gasteiger partial charge is 0.0389 e. The molecule has 3 N–H and O–H groups in total. The van der Waals surface area contributed by atoms with E-state index in [0.29, 0.717) is 0 Å². The molecule has 0 saturated carbocycles. The van der Waals surface area contributed by atoms with Gasteiger partial charge in [0.2, 0.25) is 0 Å². The van der Waals surface area contributed by atoms with E-state index in [4.69, 9.17) is 5.73 Å². The molecule has 1 aromatic rings. The van der Waals surface area contributed by atoms with Gasteiger partial charge >= 0.3 is 0 Å². The van der Waals surface area contributed by atoms with Crippen LogP contribution in [-0.4, -0.2) is 6.54 Å². The number of rotatable bonds is 0. The quantitative estimate of drug-likeness (QED) is 0.713. The van der Waals surface area contributed by atoms with Crippen LogP contribution >= 0.6 is 15.9 Å². The Morgan fingerprint density at radius 3 is 3.17 bits per heavy atom. The molecule has 1 aromatic carbocycles. The van der Waals surface area contributed by atoms with E-state index in [2.05, 4.69) is 33.4 Å². The highest BCUT2D eigenvalue weighted by molar-refractivity contribution is 9.10. The molecule has 0 unspecified atom stereocenters. The first-order valence-corrected chi connectivity index (χ1v) is 4.85. The lowest BCUT2D eigenvalue weighted by atomic mass is 9.99. The predicted octanol–water partition coefficient (Wildman–Crippen LogP) is 2.26. The van der Waals surface area contributed by atoms with E-state index in [1.54, 1.807) is 0 Å². The van der Waals surface area contributed by atoms with Gasteiger partial charge in [-0.2, -0.15) is 0 Å². The van der Waals surface area contributed by atoms with Crippen LogP contribution in [0.2, 0.25) is 0 Å². The van der Waals surface area contributed by atoms with Gasteiger partial charge in [-0.05, 0) is 30.2 Å². The van der Waals surface area contributed by atoms with Crippen molar-refractivity contribution >= 4 is 21.6 Å². The van der Waals surface area contributed by atoms with Crippen molar-refractivity contribution in [2.75, 3.05) is 11.9 Å². The molecule has 1 aliphatic rings. The molecule has 0 aromatic heterocycles. The summed E-state index contributed by atoms with van der Waals surface area (Å²) in [6.45, 7) is 0.982. The van der Waals surface area contributed by atoms with Crippen molar-refractivity contribution < 1.29 is 0 Å². The Balaban J connectivity index is 2.47. The third-order valence-electron chi connectivity index (χ3n) is 2.18. The summed E-state index contributed by atoms with van der Waals surface area (Å²) < 4.78 is 1.10. The second-order valence-electron chi connectivity index (χ2n) is 3.05. The minimum Gasteiger partial charge on any atom is -0.385 e. The first-order valence-electron chi connectivity index (χ1n) is 4.06. The molecule has 0 aliphatic carbocycles.